The van der Waals surface area contributed by atoms with E-state index in [9.17, 15) is 22.4 Å². The molecule has 2 atom stereocenters. The van der Waals surface area contributed by atoms with E-state index in [0.717, 1.165) is 17.0 Å². The SMILES string of the molecule is CC[C@H](C)NC(=O)[C@H](CC)N(Cc1ccccc1Cl)C(=O)CCCN(c1ccccc1F)S(C)(=O)=O. The number of carbonyl (C=O) groups excluding carboxylic acids is 2. The first-order chi connectivity index (χ1) is 17.0. The molecule has 0 radical (unpaired) electrons. The average molecular weight is 540 g/mol. The number of rotatable bonds is 13. The third-order valence-electron chi connectivity index (χ3n) is 5.96. The number of hydrogen-bond donors (Lipinski definition) is 1. The number of amides is 2. The molecule has 0 aliphatic heterocycles. The van der Waals surface area contributed by atoms with E-state index in [2.05, 4.69) is 5.32 Å². The molecule has 2 rings (SSSR count). The largest absolute Gasteiger partial charge is 0.352 e. The number of hydrogen-bond acceptors (Lipinski definition) is 4. The molecule has 0 aromatic heterocycles. The molecule has 0 unspecified atom stereocenters. The quantitative estimate of drug-likeness (QED) is 0.398. The van der Waals surface area contributed by atoms with Crippen molar-refractivity contribution < 1.29 is 22.4 Å². The molecule has 10 heteroatoms. The third-order valence-corrected chi connectivity index (χ3v) is 7.51. The lowest BCUT2D eigenvalue weighted by Gasteiger charge is -2.32. The summed E-state index contributed by atoms with van der Waals surface area (Å²) in [5, 5.41) is 3.42. The van der Waals surface area contributed by atoms with Gasteiger partial charge in [-0.05, 0) is 49.9 Å². The first kappa shape index (κ1) is 29.6. The van der Waals surface area contributed by atoms with Gasteiger partial charge in [0.25, 0.3) is 0 Å². The number of benzene rings is 2. The minimum atomic E-state index is -3.78. The van der Waals surface area contributed by atoms with E-state index in [1.54, 1.807) is 24.3 Å². The maximum absolute atomic E-state index is 14.3. The highest BCUT2D eigenvalue weighted by Gasteiger charge is 2.30. The van der Waals surface area contributed by atoms with Crippen LogP contribution in [0.4, 0.5) is 10.1 Å². The maximum Gasteiger partial charge on any atom is 0.243 e. The average Bonchev–Trinajstić information content (AvgIpc) is 2.82. The van der Waals surface area contributed by atoms with E-state index < -0.39 is 21.9 Å². The summed E-state index contributed by atoms with van der Waals surface area (Å²) < 4.78 is 39.9. The molecule has 198 valence electrons. The molecule has 0 heterocycles. The minimum absolute atomic E-state index is 0.0297. The second-order valence-electron chi connectivity index (χ2n) is 8.75. The normalized spacial score (nSPS) is 13.1. The van der Waals surface area contributed by atoms with Crippen molar-refractivity contribution in [2.24, 2.45) is 0 Å². The summed E-state index contributed by atoms with van der Waals surface area (Å²) in [6.07, 6.45) is 2.25. The lowest BCUT2D eigenvalue weighted by molar-refractivity contribution is -0.141. The molecule has 1 N–H and O–H groups in total. The molecule has 2 aromatic rings. The number of nitrogens with zero attached hydrogens (tertiary/aromatic N) is 2. The Balaban J connectivity index is 2.25. The molecule has 0 fully saturated rings. The number of anilines is 1. The Morgan fingerprint density at radius 1 is 1.06 bits per heavy atom. The summed E-state index contributed by atoms with van der Waals surface area (Å²) >= 11 is 6.34. The number of sulfonamides is 1. The standard InChI is InChI=1S/C26H35ClFN3O4S/c1-5-19(3)29-26(33)23(6-2)30(18-20-12-7-8-13-21(20)27)25(32)16-11-17-31(36(4,34)35)24-15-10-9-14-22(24)28/h7-10,12-15,19,23H,5-6,11,16-18H2,1-4H3,(H,29,33)/t19-,23-/m0/s1. The van der Waals surface area contributed by atoms with Gasteiger partial charge in [-0.15, -0.1) is 0 Å². The van der Waals surface area contributed by atoms with Gasteiger partial charge < -0.3 is 10.2 Å². The van der Waals surface area contributed by atoms with E-state index in [0.29, 0.717) is 17.0 Å². The van der Waals surface area contributed by atoms with Crippen molar-refractivity contribution in [2.45, 2.75) is 65.1 Å². The fourth-order valence-electron chi connectivity index (χ4n) is 3.81. The number of carbonyl (C=O) groups is 2. The van der Waals surface area contributed by atoms with Gasteiger partial charge in [0.2, 0.25) is 21.8 Å². The van der Waals surface area contributed by atoms with Crippen LogP contribution in [0.2, 0.25) is 5.02 Å². The molecule has 0 bridgehead atoms. The van der Waals surface area contributed by atoms with Crippen molar-refractivity contribution in [1.82, 2.24) is 10.2 Å². The molecule has 7 nitrogen and oxygen atoms in total. The summed E-state index contributed by atoms with van der Waals surface area (Å²) in [4.78, 5) is 27.9. The number of para-hydroxylation sites is 1. The van der Waals surface area contributed by atoms with E-state index in [1.807, 2.05) is 26.8 Å². The highest BCUT2D eigenvalue weighted by molar-refractivity contribution is 7.92. The Morgan fingerprint density at radius 3 is 2.28 bits per heavy atom. The Morgan fingerprint density at radius 2 is 1.69 bits per heavy atom. The smallest absolute Gasteiger partial charge is 0.243 e. The first-order valence-corrected chi connectivity index (χ1v) is 14.3. The molecular weight excluding hydrogens is 505 g/mol. The third kappa shape index (κ3) is 8.20. The molecule has 0 aliphatic rings. The van der Waals surface area contributed by atoms with Gasteiger partial charge in [0, 0.05) is 30.6 Å². The fraction of sp³-hybridized carbons (Fsp3) is 0.462. The molecule has 0 saturated carbocycles. The van der Waals surface area contributed by atoms with Crippen LogP contribution >= 0.6 is 11.6 Å². The van der Waals surface area contributed by atoms with E-state index in [-0.39, 0.29) is 49.5 Å². The highest BCUT2D eigenvalue weighted by Crippen LogP contribution is 2.23. The van der Waals surface area contributed by atoms with Crippen molar-refractivity contribution in [3.05, 3.63) is 64.9 Å². The van der Waals surface area contributed by atoms with Gasteiger partial charge in [0.15, 0.2) is 0 Å². The van der Waals surface area contributed by atoms with E-state index in [1.165, 1.54) is 23.1 Å². The first-order valence-electron chi connectivity index (χ1n) is 12.0. The summed E-state index contributed by atoms with van der Waals surface area (Å²) in [6.45, 7) is 5.74. The van der Waals surface area contributed by atoms with Crippen LogP contribution in [0.3, 0.4) is 0 Å². The summed E-state index contributed by atoms with van der Waals surface area (Å²) in [5.74, 6) is -1.23. The van der Waals surface area contributed by atoms with Crippen LogP contribution in [0, 0.1) is 5.82 Å². The monoisotopic (exact) mass is 539 g/mol. The van der Waals surface area contributed by atoms with Crippen molar-refractivity contribution in [1.29, 1.82) is 0 Å². The van der Waals surface area contributed by atoms with Gasteiger partial charge in [0.1, 0.15) is 11.9 Å². The van der Waals surface area contributed by atoms with Crippen LogP contribution in [0.1, 0.15) is 52.0 Å². The lowest BCUT2D eigenvalue weighted by atomic mass is 10.1. The van der Waals surface area contributed by atoms with Gasteiger partial charge in [-0.2, -0.15) is 0 Å². The maximum atomic E-state index is 14.3. The number of nitrogens with one attached hydrogen (secondary N) is 1. The van der Waals surface area contributed by atoms with Crippen LogP contribution in [0.5, 0.6) is 0 Å². The topological polar surface area (TPSA) is 86.8 Å². The zero-order chi connectivity index (χ0) is 26.9. The number of halogens is 2. The zero-order valence-corrected chi connectivity index (χ0v) is 22.8. The van der Waals surface area contributed by atoms with E-state index >= 15 is 0 Å². The highest BCUT2D eigenvalue weighted by atomic mass is 35.5. The Kier molecular flexibility index (Phi) is 11.2. The molecule has 2 aromatic carbocycles. The van der Waals surface area contributed by atoms with Crippen molar-refractivity contribution >= 4 is 39.1 Å². The summed E-state index contributed by atoms with van der Waals surface area (Å²) in [7, 11) is -3.78. The molecule has 2 amide bonds. The van der Waals surface area contributed by atoms with Crippen LogP contribution in [0.25, 0.3) is 0 Å². The van der Waals surface area contributed by atoms with Gasteiger partial charge in [0.05, 0.1) is 11.9 Å². The van der Waals surface area contributed by atoms with Gasteiger partial charge in [-0.25, -0.2) is 12.8 Å². The van der Waals surface area contributed by atoms with Gasteiger partial charge in [-0.1, -0.05) is 55.8 Å². The summed E-state index contributed by atoms with van der Waals surface area (Å²) in [5.41, 5.74) is 0.631. The van der Waals surface area contributed by atoms with Crippen LogP contribution in [-0.4, -0.2) is 50.0 Å². The van der Waals surface area contributed by atoms with Gasteiger partial charge >= 0.3 is 0 Å². The second kappa shape index (κ2) is 13.6. The Labute approximate surface area is 218 Å². The van der Waals surface area contributed by atoms with Crippen molar-refractivity contribution in [3.63, 3.8) is 0 Å². The lowest BCUT2D eigenvalue weighted by Crippen LogP contribution is -2.50. The fourth-order valence-corrected chi connectivity index (χ4v) is 4.97. The molecule has 0 saturated heterocycles. The Hall–Kier alpha value is -2.65. The van der Waals surface area contributed by atoms with Crippen LogP contribution in [0.15, 0.2) is 48.5 Å². The predicted molar refractivity (Wildman–Crippen MR) is 142 cm³/mol. The van der Waals surface area contributed by atoms with Crippen molar-refractivity contribution in [2.75, 3.05) is 17.1 Å². The second-order valence-corrected chi connectivity index (χ2v) is 11.1. The summed E-state index contributed by atoms with van der Waals surface area (Å²) in [6, 6.07) is 11.9. The van der Waals surface area contributed by atoms with Crippen LogP contribution in [-0.2, 0) is 26.2 Å². The molecule has 36 heavy (non-hydrogen) atoms. The Bertz CT molecular complexity index is 1150. The molecular formula is C26H35ClFN3O4S. The van der Waals surface area contributed by atoms with E-state index in [4.69, 9.17) is 11.6 Å². The molecule has 0 spiro atoms. The predicted octanol–water partition coefficient (Wildman–Crippen LogP) is 4.75. The minimum Gasteiger partial charge on any atom is -0.352 e. The van der Waals surface area contributed by atoms with Crippen LogP contribution < -0.4 is 9.62 Å². The van der Waals surface area contributed by atoms with Gasteiger partial charge in [-0.3, -0.25) is 13.9 Å². The zero-order valence-electron chi connectivity index (χ0n) is 21.2. The van der Waals surface area contributed by atoms with Crippen molar-refractivity contribution in [3.8, 4) is 0 Å². The molecule has 0 aliphatic carbocycles.